The second kappa shape index (κ2) is 13.8. The van der Waals surface area contributed by atoms with E-state index in [9.17, 15) is 18.0 Å². The molecule has 1 fully saturated rings. The average molecular weight is 578 g/mol. The van der Waals surface area contributed by atoms with Crippen molar-refractivity contribution in [1.29, 1.82) is 0 Å². The number of aryl methyl sites for hydroxylation is 1. The zero-order valence-electron chi connectivity index (χ0n) is 23.9. The summed E-state index contributed by atoms with van der Waals surface area (Å²) in [7, 11) is -1.94. The molecule has 1 atom stereocenters. The van der Waals surface area contributed by atoms with Crippen LogP contribution in [0.5, 0.6) is 5.75 Å². The van der Waals surface area contributed by atoms with Crippen molar-refractivity contribution < 1.29 is 22.7 Å². The molecule has 1 unspecified atom stereocenters. The largest absolute Gasteiger partial charge is 0.497 e. The second-order valence-electron chi connectivity index (χ2n) is 10.9. The fourth-order valence-corrected chi connectivity index (χ4v) is 5.78. The lowest BCUT2D eigenvalue weighted by molar-refractivity contribution is -0.141. The molecule has 9 heteroatoms. The molecule has 3 aromatic rings. The van der Waals surface area contributed by atoms with Crippen LogP contribution in [-0.4, -0.2) is 44.8 Å². The van der Waals surface area contributed by atoms with E-state index < -0.39 is 16.1 Å². The Balaban J connectivity index is 1.56. The zero-order valence-corrected chi connectivity index (χ0v) is 24.7. The Hall–Kier alpha value is -3.69. The third kappa shape index (κ3) is 8.65. The van der Waals surface area contributed by atoms with Gasteiger partial charge in [0.2, 0.25) is 21.8 Å². The molecule has 8 nitrogen and oxygen atoms in total. The van der Waals surface area contributed by atoms with E-state index in [1.807, 2.05) is 68.4 Å². The molecular formula is C32H39N3O5S. The first-order chi connectivity index (χ1) is 19.7. The predicted octanol–water partition coefficient (Wildman–Crippen LogP) is 4.61. The molecule has 2 amide bonds. The van der Waals surface area contributed by atoms with Crippen LogP contribution in [-0.2, 0) is 32.6 Å². The molecule has 0 spiro atoms. The van der Waals surface area contributed by atoms with Crippen molar-refractivity contribution in [2.24, 2.45) is 5.92 Å². The molecule has 0 bridgehead atoms. The van der Waals surface area contributed by atoms with Crippen molar-refractivity contribution in [3.63, 3.8) is 0 Å². The molecule has 4 rings (SSSR count). The highest BCUT2D eigenvalue weighted by molar-refractivity contribution is 7.89. The van der Waals surface area contributed by atoms with Crippen molar-refractivity contribution in [2.45, 2.75) is 63.1 Å². The number of rotatable bonds is 14. The molecule has 1 aliphatic carbocycles. The summed E-state index contributed by atoms with van der Waals surface area (Å²) in [5.74, 6) is 0.553. The number of carbonyl (C=O) groups excluding carboxylic acids is 2. The van der Waals surface area contributed by atoms with E-state index in [0.29, 0.717) is 18.7 Å². The Morgan fingerprint density at radius 3 is 2.15 bits per heavy atom. The molecule has 0 aliphatic heterocycles. The first kappa shape index (κ1) is 30.3. The Labute approximate surface area is 243 Å². The molecular weight excluding hydrogens is 538 g/mol. The number of benzene rings is 3. The summed E-state index contributed by atoms with van der Waals surface area (Å²) in [5.41, 5.74) is 2.44. The fraction of sp³-hybridized carbons (Fsp3) is 0.375. The topological polar surface area (TPSA) is 105 Å². The highest BCUT2D eigenvalue weighted by Crippen LogP contribution is 2.26. The van der Waals surface area contributed by atoms with Crippen LogP contribution in [0.4, 0.5) is 0 Å². The van der Waals surface area contributed by atoms with E-state index in [1.54, 1.807) is 36.3 Å². The SMILES string of the molecule is COc1ccc(CN(C(=O)CCc2ccc(S(=O)(=O)NC3CC3)cc2)C(C(=O)NCC(C)C)c2ccccc2)cc1. The van der Waals surface area contributed by atoms with Crippen molar-refractivity contribution >= 4 is 21.8 Å². The van der Waals surface area contributed by atoms with Gasteiger partial charge in [-0.2, -0.15) is 0 Å². The maximum absolute atomic E-state index is 13.9. The first-order valence-corrected chi connectivity index (χ1v) is 15.5. The third-order valence-corrected chi connectivity index (χ3v) is 8.49. The number of amides is 2. The van der Waals surface area contributed by atoms with Gasteiger partial charge in [0.05, 0.1) is 12.0 Å². The minimum Gasteiger partial charge on any atom is -0.497 e. The predicted molar refractivity (Wildman–Crippen MR) is 159 cm³/mol. The van der Waals surface area contributed by atoms with Gasteiger partial charge >= 0.3 is 0 Å². The summed E-state index contributed by atoms with van der Waals surface area (Å²) in [6.45, 7) is 4.78. The number of methoxy groups -OCH3 is 1. The standard InChI is InChI=1S/C32H39N3O5S/c1-23(2)21-33-32(37)31(26-7-5-4-6-8-26)35(22-25-9-16-28(40-3)17-10-25)30(36)20-13-24-11-18-29(19-12-24)41(38,39)34-27-14-15-27/h4-12,16-19,23,27,31,34H,13-15,20-22H2,1-3H3,(H,33,37). The number of hydrogen-bond donors (Lipinski definition) is 2. The van der Waals surface area contributed by atoms with Crippen molar-refractivity contribution in [3.8, 4) is 5.75 Å². The smallest absolute Gasteiger partial charge is 0.247 e. The van der Waals surface area contributed by atoms with Crippen LogP contribution in [0.2, 0.25) is 0 Å². The molecule has 218 valence electrons. The summed E-state index contributed by atoms with van der Waals surface area (Å²) >= 11 is 0. The van der Waals surface area contributed by atoms with Gasteiger partial charge in [0.1, 0.15) is 11.8 Å². The van der Waals surface area contributed by atoms with Gasteiger partial charge in [-0.25, -0.2) is 13.1 Å². The number of nitrogens with one attached hydrogen (secondary N) is 2. The fourth-order valence-electron chi connectivity index (χ4n) is 4.48. The van der Waals surface area contributed by atoms with Crippen LogP contribution in [0.25, 0.3) is 0 Å². The third-order valence-electron chi connectivity index (χ3n) is 6.95. The van der Waals surface area contributed by atoms with Gasteiger partial charge in [-0.05, 0) is 66.1 Å². The molecule has 0 heterocycles. The maximum Gasteiger partial charge on any atom is 0.247 e. The van der Waals surface area contributed by atoms with Crippen molar-refractivity contribution in [1.82, 2.24) is 14.9 Å². The van der Waals surface area contributed by atoms with Crippen LogP contribution in [0.1, 0.15) is 55.8 Å². The van der Waals surface area contributed by atoms with Crippen LogP contribution >= 0.6 is 0 Å². The zero-order chi connectivity index (χ0) is 29.4. The summed E-state index contributed by atoms with van der Waals surface area (Å²) in [4.78, 5) is 29.3. The van der Waals surface area contributed by atoms with Gasteiger partial charge in [0.25, 0.3) is 0 Å². The molecule has 41 heavy (non-hydrogen) atoms. The van der Waals surface area contributed by atoms with E-state index in [1.165, 1.54) is 0 Å². The second-order valence-corrected chi connectivity index (χ2v) is 12.6. The number of sulfonamides is 1. The molecule has 0 aromatic heterocycles. The van der Waals surface area contributed by atoms with Crippen molar-refractivity contribution in [3.05, 3.63) is 95.6 Å². The molecule has 1 aliphatic rings. The van der Waals surface area contributed by atoms with Gasteiger partial charge in [0, 0.05) is 25.6 Å². The molecule has 2 N–H and O–H groups in total. The summed E-state index contributed by atoms with van der Waals surface area (Å²) in [6.07, 6.45) is 2.30. The highest BCUT2D eigenvalue weighted by atomic mass is 32.2. The van der Waals surface area contributed by atoms with Crippen LogP contribution in [0.3, 0.4) is 0 Å². The van der Waals surface area contributed by atoms with Gasteiger partial charge in [-0.3, -0.25) is 9.59 Å². The number of ether oxygens (including phenoxy) is 1. The lowest BCUT2D eigenvalue weighted by Crippen LogP contribution is -2.44. The van der Waals surface area contributed by atoms with Crippen molar-refractivity contribution in [2.75, 3.05) is 13.7 Å². The van der Waals surface area contributed by atoms with E-state index in [4.69, 9.17) is 4.74 Å². The monoisotopic (exact) mass is 577 g/mol. The Morgan fingerprint density at radius 2 is 1.56 bits per heavy atom. The van der Waals surface area contributed by atoms with Crippen LogP contribution in [0.15, 0.2) is 83.8 Å². The van der Waals surface area contributed by atoms with Crippen LogP contribution in [0, 0.1) is 5.92 Å². The Morgan fingerprint density at radius 1 is 0.927 bits per heavy atom. The summed E-state index contributed by atoms with van der Waals surface area (Å²) < 4.78 is 33.0. The molecule has 1 saturated carbocycles. The normalized spacial score (nSPS) is 14.0. The lowest BCUT2D eigenvalue weighted by Gasteiger charge is -2.32. The van der Waals surface area contributed by atoms with Gasteiger partial charge < -0.3 is 15.0 Å². The number of nitrogens with zero attached hydrogens (tertiary/aromatic N) is 1. The summed E-state index contributed by atoms with van der Waals surface area (Å²) in [5, 5.41) is 3.02. The van der Waals surface area contributed by atoms with E-state index >= 15 is 0 Å². The molecule has 3 aromatic carbocycles. The lowest BCUT2D eigenvalue weighted by atomic mass is 10.0. The van der Waals surface area contributed by atoms with E-state index in [2.05, 4.69) is 10.0 Å². The average Bonchev–Trinajstić information content (AvgIpc) is 3.79. The first-order valence-electron chi connectivity index (χ1n) is 14.0. The maximum atomic E-state index is 13.9. The Kier molecular flexibility index (Phi) is 10.2. The molecule has 0 saturated heterocycles. The number of carbonyl (C=O) groups is 2. The molecule has 0 radical (unpaired) electrons. The Bertz CT molecular complexity index is 1400. The number of hydrogen-bond acceptors (Lipinski definition) is 5. The van der Waals surface area contributed by atoms with Gasteiger partial charge in [0.15, 0.2) is 0 Å². The minimum atomic E-state index is -3.54. The van der Waals surface area contributed by atoms with Crippen LogP contribution < -0.4 is 14.8 Å². The summed E-state index contributed by atoms with van der Waals surface area (Å²) in [6, 6.07) is 22.6. The van der Waals surface area contributed by atoms with Gasteiger partial charge in [-0.15, -0.1) is 0 Å². The van der Waals surface area contributed by atoms with E-state index in [0.717, 1.165) is 29.5 Å². The van der Waals surface area contributed by atoms with Gasteiger partial charge in [-0.1, -0.05) is 68.4 Å². The highest BCUT2D eigenvalue weighted by Gasteiger charge is 2.31. The quantitative estimate of drug-likeness (QED) is 0.291. The van der Waals surface area contributed by atoms with E-state index in [-0.39, 0.29) is 41.6 Å². The minimum absolute atomic E-state index is 0.0317.